The number of aryl methyl sites for hydroxylation is 1. The molecule has 52 heavy (non-hydrogen) atoms. The number of nitrogens with one attached hydrogen (secondary N) is 2. The molecular formula is C47H50N3O2+. The average Bonchev–Trinajstić information content (AvgIpc) is 3.65. The van der Waals surface area contributed by atoms with Gasteiger partial charge in [0.15, 0.2) is 12.4 Å². The van der Waals surface area contributed by atoms with Crippen LogP contribution in [0.1, 0.15) is 95.6 Å². The van der Waals surface area contributed by atoms with Crippen LogP contribution in [0.2, 0.25) is 0 Å². The fourth-order valence-corrected chi connectivity index (χ4v) is 7.03. The fourth-order valence-electron chi connectivity index (χ4n) is 7.03. The van der Waals surface area contributed by atoms with Crippen LogP contribution in [-0.4, -0.2) is 18.4 Å². The molecule has 1 heterocycles. The van der Waals surface area contributed by atoms with E-state index in [1.54, 1.807) is 23.0 Å². The molecule has 0 bridgehead atoms. The first kappa shape index (κ1) is 36.2. The van der Waals surface area contributed by atoms with Crippen molar-refractivity contribution < 1.29 is 14.2 Å². The summed E-state index contributed by atoms with van der Waals surface area (Å²) in [7, 11) is 1.82. The van der Waals surface area contributed by atoms with E-state index >= 15 is 0 Å². The van der Waals surface area contributed by atoms with Gasteiger partial charge in [-0.2, -0.15) is 0 Å². The van der Waals surface area contributed by atoms with Crippen molar-refractivity contribution in [2.75, 3.05) is 11.9 Å². The van der Waals surface area contributed by atoms with Crippen molar-refractivity contribution in [3.63, 3.8) is 0 Å². The zero-order chi connectivity index (χ0) is 37.1. The number of aromatic nitrogens is 1. The zero-order valence-electron chi connectivity index (χ0n) is 31.4. The minimum absolute atomic E-state index is 0.0210. The molecule has 1 aliphatic rings. The lowest BCUT2D eigenvalue weighted by atomic mass is 9.64. The predicted molar refractivity (Wildman–Crippen MR) is 212 cm³/mol. The number of nitrogens with zero attached hydrogens (tertiary/aromatic N) is 1. The summed E-state index contributed by atoms with van der Waals surface area (Å²) in [5.74, 6) is -0.324. The molecule has 2 amide bonds. The highest BCUT2D eigenvalue weighted by molar-refractivity contribution is 6.05. The normalized spacial score (nSPS) is 13.3. The lowest BCUT2D eigenvalue weighted by Crippen LogP contribution is -2.34. The smallest absolute Gasteiger partial charge is 0.261 e. The number of carbonyl (C=O) groups excluding carboxylic acids is 2. The lowest BCUT2D eigenvalue weighted by molar-refractivity contribution is -0.671. The van der Waals surface area contributed by atoms with Gasteiger partial charge in [0.05, 0.1) is 5.41 Å². The Balaban J connectivity index is 1.37. The summed E-state index contributed by atoms with van der Waals surface area (Å²) in [4.78, 5) is 26.6. The topological polar surface area (TPSA) is 62.1 Å². The number of anilines is 1. The van der Waals surface area contributed by atoms with Crippen LogP contribution in [0.4, 0.5) is 5.69 Å². The molecule has 1 aromatic heterocycles. The van der Waals surface area contributed by atoms with E-state index in [0.29, 0.717) is 23.4 Å². The molecule has 1 aliphatic carbocycles. The minimum Gasteiger partial charge on any atom is -0.351 e. The Bertz CT molecular complexity index is 2030. The number of pyridine rings is 1. The van der Waals surface area contributed by atoms with Gasteiger partial charge < -0.3 is 10.6 Å². The highest BCUT2D eigenvalue weighted by Gasteiger charge is 2.39. The molecule has 5 nitrogen and oxygen atoms in total. The Labute approximate surface area is 309 Å². The van der Waals surface area contributed by atoms with Crippen molar-refractivity contribution >= 4 is 17.5 Å². The van der Waals surface area contributed by atoms with Crippen LogP contribution in [0.5, 0.6) is 0 Å². The highest BCUT2D eigenvalue weighted by Crippen LogP contribution is 2.46. The molecule has 2 N–H and O–H groups in total. The second-order valence-electron chi connectivity index (χ2n) is 15.9. The van der Waals surface area contributed by atoms with E-state index in [0.717, 1.165) is 22.3 Å². The van der Waals surface area contributed by atoms with Crippen molar-refractivity contribution in [1.82, 2.24) is 5.32 Å². The van der Waals surface area contributed by atoms with E-state index in [1.807, 2.05) is 43.5 Å². The molecule has 0 saturated heterocycles. The fraction of sp³-hybridized carbons (Fsp3) is 0.255. The Morgan fingerprint density at radius 1 is 0.577 bits per heavy atom. The van der Waals surface area contributed by atoms with Crippen LogP contribution >= 0.6 is 0 Å². The quantitative estimate of drug-likeness (QED) is 0.120. The van der Waals surface area contributed by atoms with Gasteiger partial charge in [-0.25, -0.2) is 4.57 Å². The monoisotopic (exact) mass is 688 g/mol. The molecule has 0 saturated carbocycles. The SMILES string of the molecule is C[n+]1cc(C(=O)NCC2C=CC=C2)cc(C(=O)Nc2ccc(C(c3ccccc3)(c3ccc(C(C)(C)C)cc3)c3ccc(C(C)(C)C)cc3)cc2)c1. The maximum Gasteiger partial charge on any atom is 0.261 e. The van der Waals surface area contributed by atoms with Gasteiger partial charge >= 0.3 is 0 Å². The maximum absolute atomic E-state index is 13.6. The zero-order valence-corrected chi connectivity index (χ0v) is 31.4. The van der Waals surface area contributed by atoms with Gasteiger partial charge in [0.1, 0.15) is 18.2 Å². The first-order chi connectivity index (χ1) is 24.7. The van der Waals surface area contributed by atoms with Crippen LogP contribution in [0.3, 0.4) is 0 Å². The first-order valence-electron chi connectivity index (χ1n) is 18.1. The van der Waals surface area contributed by atoms with Crippen LogP contribution in [0.25, 0.3) is 0 Å². The largest absolute Gasteiger partial charge is 0.351 e. The molecular weight excluding hydrogens is 639 g/mol. The molecule has 5 aromatic rings. The molecule has 5 heteroatoms. The Morgan fingerprint density at radius 2 is 1.00 bits per heavy atom. The second-order valence-corrected chi connectivity index (χ2v) is 15.9. The number of amides is 2. The summed E-state index contributed by atoms with van der Waals surface area (Å²) in [5.41, 5.74) is 8.02. The third-order valence-corrected chi connectivity index (χ3v) is 10.00. The first-order valence-corrected chi connectivity index (χ1v) is 18.1. The van der Waals surface area contributed by atoms with E-state index in [4.69, 9.17) is 0 Å². The van der Waals surface area contributed by atoms with E-state index in [2.05, 4.69) is 143 Å². The van der Waals surface area contributed by atoms with Crippen molar-refractivity contribution in [3.8, 4) is 0 Å². The summed E-state index contributed by atoms with van der Waals surface area (Å²) in [5, 5.41) is 6.05. The average molecular weight is 689 g/mol. The molecule has 264 valence electrons. The number of hydrogen-bond donors (Lipinski definition) is 2. The summed E-state index contributed by atoms with van der Waals surface area (Å²) in [6.07, 6.45) is 11.5. The standard InChI is InChI=1S/C47H49N3O2/c1-45(2,3)36-17-21-39(22-18-36)47(38-15-9-8-10-16-38,40-23-19-37(20-24-40)46(4,5)6)41-25-27-42(28-26-41)49-44(52)35-29-34(31-50(7)32-35)43(51)48-30-33-13-11-12-14-33/h8-29,31-33H,30H2,1-7H3,(H-,48,49,51,52)/p+1. The molecule has 0 fully saturated rings. The van der Waals surface area contributed by atoms with Gasteiger partial charge in [-0.15, -0.1) is 0 Å². The summed E-state index contributed by atoms with van der Waals surface area (Å²) in [6.45, 7) is 13.9. The van der Waals surface area contributed by atoms with E-state index in [9.17, 15) is 9.59 Å². The van der Waals surface area contributed by atoms with Gasteiger partial charge in [-0.1, -0.05) is 157 Å². The van der Waals surface area contributed by atoms with Gasteiger partial charge in [0.2, 0.25) is 0 Å². The van der Waals surface area contributed by atoms with Crippen molar-refractivity contribution in [2.24, 2.45) is 13.0 Å². The van der Waals surface area contributed by atoms with Crippen LogP contribution < -0.4 is 15.2 Å². The molecule has 0 aliphatic heterocycles. The summed E-state index contributed by atoms with van der Waals surface area (Å²) < 4.78 is 1.74. The van der Waals surface area contributed by atoms with E-state index in [-0.39, 0.29) is 28.6 Å². The Kier molecular flexibility index (Phi) is 10.2. The molecule has 0 unspecified atom stereocenters. The molecule has 0 spiro atoms. The number of hydrogen-bond acceptors (Lipinski definition) is 2. The number of carbonyl (C=O) groups is 2. The van der Waals surface area contributed by atoms with Gasteiger partial charge in [0.25, 0.3) is 11.8 Å². The Hall–Kier alpha value is -5.55. The lowest BCUT2D eigenvalue weighted by Gasteiger charge is -2.37. The summed E-state index contributed by atoms with van der Waals surface area (Å²) in [6, 6.07) is 38.6. The minimum atomic E-state index is -0.629. The highest BCUT2D eigenvalue weighted by atomic mass is 16.2. The second kappa shape index (κ2) is 14.6. The number of allylic oxidation sites excluding steroid dienone is 2. The molecule has 0 atom stereocenters. The summed E-state index contributed by atoms with van der Waals surface area (Å²) >= 11 is 0. The number of rotatable bonds is 9. The Morgan fingerprint density at radius 3 is 1.48 bits per heavy atom. The predicted octanol–water partition coefficient (Wildman–Crippen LogP) is 9.21. The maximum atomic E-state index is 13.6. The molecule has 0 radical (unpaired) electrons. The number of benzene rings is 4. The van der Waals surface area contributed by atoms with Crippen LogP contribution in [0, 0.1) is 5.92 Å². The van der Waals surface area contributed by atoms with Crippen molar-refractivity contribution in [1.29, 1.82) is 0 Å². The van der Waals surface area contributed by atoms with Crippen LogP contribution in [0.15, 0.2) is 146 Å². The van der Waals surface area contributed by atoms with Gasteiger partial charge in [0, 0.05) is 18.2 Å². The van der Waals surface area contributed by atoms with Crippen molar-refractivity contribution in [2.45, 2.75) is 57.8 Å². The van der Waals surface area contributed by atoms with Crippen molar-refractivity contribution in [3.05, 3.63) is 190 Å². The van der Waals surface area contributed by atoms with E-state index in [1.165, 1.54) is 11.1 Å². The van der Waals surface area contributed by atoms with Gasteiger partial charge in [-0.05, 0) is 62.4 Å². The molecule has 4 aromatic carbocycles. The van der Waals surface area contributed by atoms with E-state index < -0.39 is 5.41 Å². The molecule has 6 rings (SSSR count). The third kappa shape index (κ3) is 7.69. The third-order valence-electron chi connectivity index (χ3n) is 10.00. The van der Waals surface area contributed by atoms with Crippen LogP contribution in [-0.2, 0) is 23.3 Å². The van der Waals surface area contributed by atoms with Gasteiger partial charge in [-0.3, -0.25) is 9.59 Å².